The number of piperidine rings is 1. The second-order valence-electron chi connectivity index (χ2n) is 12.8. The summed E-state index contributed by atoms with van der Waals surface area (Å²) in [5.74, 6) is 0.0490. The Kier molecular flexibility index (Phi) is 7.62. The van der Waals surface area contributed by atoms with E-state index in [1.807, 2.05) is 27.0 Å². The second kappa shape index (κ2) is 10.6. The van der Waals surface area contributed by atoms with E-state index in [1.165, 1.54) is 0 Å². The van der Waals surface area contributed by atoms with Gasteiger partial charge in [0, 0.05) is 50.3 Å². The molecule has 2 aliphatic carbocycles. The molecule has 2 amide bonds. The van der Waals surface area contributed by atoms with Crippen LogP contribution in [-0.4, -0.2) is 96.8 Å². The molecule has 3 heterocycles. The summed E-state index contributed by atoms with van der Waals surface area (Å²) in [5, 5.41) is 32.7. The van der Waals surface area contributed by atoms with Gasteiger partial charge in [-0.15, -0.1) is 5.10 Å². The zero-order chi connectivity index (χ0) is 26.3. The number of amides is 2. The van der Waals surface area contributed by atoms with Gasteiger partial charge in [-0.2, -0.15) is 0 Å². The summed E-state index contributed by atoms with van der Waals surface area (Å²) in [6.45, 7) is 7.83. The van der Waals surface area contributed by atoms with Crippen molar-refractivity contribution in [1.29, 1.82) is 0 Å². The van der Waals surface area contributed by atoms with E-state index in [-0.39, 0.29) is 43.0 Å². The smallest absolute Gasteiger partial charge is 0.248 e. The molecule has 2 aliphatic heterocycles. The molecule has 10 nitrogen and oxygen atoms in total. The zero-order valence-electron chi connectivity index (χ0n) is 22.6. The number of hydrogen-bond donors (Lipinski definition) is 3. The third-order valence-corrected chi connectivity index (χ3v) is 8.75. The number of β-amino-alcohol motifs (C(OH)–C–C–N with tert-alkyl or cyclic N) is 1. The zero-order valence-corrected chi connectivity index (χ0v) is 22.6. The minimum Gasteiger partial charge on any atom is -0.391 e. The van der Waals surface area contributed by atoms with Crippen molar-refractivity contribution < 1.29 is 19.8 Å². The summed E-state index contributed by atoms with van der Waals surface area (Å²) in [7, 11) is 0. The summed E-state index contributed by atoms with van der Waals surface area (Å²) >= 11 is 0. The van der Waals surface area contributed by atoms with Gasteiger partial charge in [0.25, 0.3) is 0 Å². The van der Waals surface area contributed by atoms with Crippen LogP contribution >= 0.6 is 0 Å². The Labute approximate surface area is 219 Å². The number of rotatable bonds is 6. The fraction of sp³-hybridized carbons (Fsp3) is 0.852. The van der Waals surface area contributed by atoms with Gasteiger partial charge in [0.15, 0.2) is 0 Å². The summed E-state index contributed by atoms with van der Waals surface area (Å²) in [6.07, 6.45) is 9.18. The first-order valence-corrected chi connectivity index (χ1v) is 14.2. The molecule has 1 aromatic heterocycles. The van der Waals surface area contributed by atoms with Crippen molar-refractivity contribution in [3.05, 3.63) is 11.9 Å². The molecule has 5 rings (SSSR count). The van der Waals surface area contributed by atoms with Crippen molar-refractivity contribution in [1.82, 2.24) is 30.1 Å². The van der Waals surface area contributed by atoms with Crippen LogP contribution in [0.25, 0.3) is 0 Å². The lowest BCUT2D eigenvalue weighted by Crippen LogP contribution is -2.55. The van der Waals surface area contributed by atoms with Crippen molar-refractivity contribution >= 4 is 11.8 Å². The molecular weight excluding hydrogens is 472 g/mol. The van der Waals surface area contributed by atoms with Crippen LogP contribution in [0.15, 0.2) is 6.20 Å². The third kappa shape index (κ3) is 5.86. The highest BCUT2D eigenvalue weighted by atomic mass is 16.3. The molecule has 0 spiro atoms. The fourth-order valence-corrected chi connectivity index (χ4v) is 6.52. The van der Waals surface area contributed by atoms with E-state index in [4.69, 9.17) is 0 Å². The molecule has 37 heavy (non-hydrogen) atoms. The largest absolute Gasteiger partial charge is 0.391 e. The topological polar surface area (TPSA) is 124 Å². The van der Waals surface area contributed by atoms with E-state index in [2.05, 4.69) is 20.5 Å². The normalized spacial score (nSPS) is 30.9. The van der Waals surface area contributed by atoms with E-state index in [9.17, 15) is 19.8 Å². The quantitative estimate of drug-likeness (QED) is 0.525. The molecular formula is C27H44N6O4. The van der Waals surface area contributed by atoms with Crippen molar-refractivity contribution in [2.24, 2.45) is 5.41 Å². The van der Waals surface area contributed by atoms with Gasteiger partial charge in [-0.3, -0.25) is 14.5 Å². The van der Waals surface area contributed by atoms with Crippen molar-refractivity contribution in [2.75, 3.05) is 19.6 Å². The summed E-state index contributed by atoms with van der Waals surface area (Å²) in [4.78, 5) is 31.3. The average Bonchev–Trinajstić information content (AvgIpc) is 3.46. The highest BCUT2D eigenvalue weighted by molar-refractivity contribution is 5.90. The van der Waals surface area contributed by atoms with E-state index < -0.39 is 23.6 Å². The number of carbonyl (C=O) groups is 2. The summed E-state index contributed by atoms with van der Waals surface area (Å²) < 4.78 is 1.66. The number of likely N-dealkylation sites (tertiary alicyclic amines) is 2. The first-order chi connectivity index (χ1) is 17.6. The summed E-state index contributed by atoms with van der Waals surface area (Å²) in [5.41, 5.74) is 0.473. The maximum absolute atomic E-state index is 13.9. The molecule has 5 unspecified atom stereocenters. The van der Waals surface area contributed by atoms with Crippen LogP contribution in [0.5, 0.6) is 0 Å². The molecule has 4 aliphatic rings. The number of nitrogens with one attached hydrogen (secondary N) is 1. The van der Waals surface area contributed by atoms with E-state index >= 15 is 0 Å². The van der Waals surface area contributed by atoms with Crippen molar-refractivity contribution in [3.8, 4) is 0 Å². The minimum atomic E-state index is -0.729. The lowest BCUT2D eigenvalue weighted by Gasteiger charge is -2.42. The highest BCUT2D eigenvalue weighted by Gasteiger charge is 2.46. The molecule has 4 fully saturated rings. The number of aromatic nitrogens is 3. The predicted molar refractivity (Wildman–Crippen MR) is 138 cm³/mol. The highest BCUT2D eigenvalue weighted by Crippen LogP contribution is 2.40. The molecule has 2 saturated carbocycles. The Balaban J connectivity index is 1.23. The summed E-state index contributed by atoms with van der Waals surface area (Å²) in [6, 6.07) is -1.04. The molecule has 1 aromatic rings. The maximum atomic E-state index is 13.9. The van der Waals surface area contributed by atoms with Crippen LogP contribution in [0, 0.1) is 5.41 Å². The van der Waals surface area contributed by atoms with Crippen LogP contribution in [0.1, 0.15) is 96.2 Å². The Morgan fingerprint density at radius 2 is 1.76 bits per heavy atom. The number of carbonyl (C=O) groups excluding carboxylic acids is 2. The van der Waals surface area contributed by atoms with Crippen LogP contribution in [0.3, 0.4) is 0 Å². The number of aliphatic hydroxyl groups is 2. The van der Waals surface area contributed by atoms with E-state index in [0.717, 1.165) is 70.2 Å². The van der Waals surface area contributed by atoms with Gasteiger partial charge in [0.1, 0.15) is 12.1 Å². The number of hydrogen-bond acceptors (Lipinski definition) is 7. The molecule has 0 bridgehead atoms. The monoisotopic (exact) mass is 516 g/mol. The Hall–Kier alpha value is -2.04. The standard InChI is InChI=1S/C27H44N6O4/c1-27(2,3)24(33-16-20(29-30-33)17-8-9-17)26(37)32-15-19(34)14-22(32)25(36)28-18-10-12-31(13-11-18)21-6-4-5-7-23(21)35/h16-19,21-24,34-35H,4-15H2,1-3H3,(H,28,36). The first-order valence-electron chi connectivity index (χ1n) is 14.2. The van der Waals surface area contributed by atoms with Gasteiger partial charge in [-0.25, -0.2) is 4.68 Å². The van der Waals surface area contributed by atoms with Crippen LogP contribution in [0.4, 0.5) is 0 Å². The van der Waals surface area contributed by atoms with Crippen molar-refractivity contribution in [2.45, 2.75) is 121 Å². The van der Waals surface area contributed by atoms with Gasteiger partial charge < -0.3 is 20.4 Å². The molecule has 5 atom stereocenters. The number of aliphatic hydroxyl groups excluding tert-OH is 2. The third-order valence-electron chi connectivity index (χ3n) is 8.75. The first kappa shape index (κ1) is 26.6. The SMILES string of the molecule is CC(C)(C)C(C(=O)N1CC(O)CC1C(=O)NC1CCN(C2CCCCC2O)CC1)n1cc(C2CC2)nn1. The van der Waals surface area contributed by atoms with Gasteiger partial charge >= 0.3 is 0 Å². The van der Waals surface area contributed by atoms with Crippen LogP contribution in [0.2, 0.25) is 0 Å². The fourth-order valence-electron chi connectivity index (χ4n) is 6.52. The molecule has 2 saturated heterocycles. The van der Waals surface area contributed by atoms with E-state index in [1.54, 1.807) is 9.58 Å². The molecule has 0 radical (unpaired) electrons. The van der Waals surface area contributed by atoms with E-state index in [0.29, 0.717) is 5.92 Å². The molecule has 3 N–H and O–H groups in total. The Morgan fingerprint density at radius 1 is 1.05 bits per heavy atom. The van der Waals surface area contributed by atoms with Gasteiger partial charge in [0.05, 0.1) is 17.9 Å². The Bertz CT molecular complexity index is 964. The van der Waals surface area contributed by atoms with Gasteiger partial charge in [-0.1, -0.05) is 38.8 Å². The lowest BCUT2D eigenvalue weighted by atomic mass is 9.85. The van der Waals surface area contributed by atoms with Crippen LogP contribution < -0.4 is 5.32 Å². The minimum absolute atomic E-state index is 0.0361. The van der Waals surface area contributed by atoms with Gasteiger partial charge in [-0.05, 0) is 43.9 Å². The maximum Gasteiger partial charge on any atom is 0.248 e. The predicted octanol–water partition coefficient (Wildman–Crippen LogP) is 1.59. The number of nitrogens with zero attached hydrogens (tertiary/aromatic N) is 5. The average molecular weight is 517 g/mol. The second-order valence-corrected chi connectivity index (χ2v) is 12.8. The van der Waals surface area contributed by atoms with Crippen LogP contribution in [-0.2, 0) is 9.59 Å². The molecule has 206 valence electrons. The molecule has 0 aromatic carbocycles. The lowest BCUT2D eigenvalue weighted by molar-refractivity contribution is -0.144. The Morgan fingerprint density at radius 3 is 2.41 bits per heavy atom. The molecule has 10 heteroatoms. The van der Waals surface area contributed by atoms with Gasteiger partial charge in [0.2, 0.25) is 11.8 Å². The van der Waals surface area contributed by atoms with Crippen molar-refractivity contribution in [3.63, 3.8) is 0 Å².